The van der Waals surface area contributed by atoms with Crippen molar-refractivity contribution < 1.29 is 14.5 Å². The van der Waals surface area contributed by atoms with Crippen LogP contribution in [0.3, 0.4) is 0 Å². The number of methoxy groups -OCH3 is 1. The van der Waals surface area contributed by atoms with Crippen molar-refractivity contribution in [1.29, 1.82) is 0 Å². The third kappa shape index (κ3) is 4.74. The number of pyridine rings is 1. The zero-order valence-corrected chi connectivity index (χ0v) is 10.8. The van der Waals surface area contributed by atoms with Crippen LogP contribution in [0.2, 0.25) is 0 Å². The zero-order chi connectivity index (χ0) is 14.3. The van der Waals surface area contributed by atoms with E-state index in [0.29, 0.717) is 18.8 Å². The molecule has 1 rings (SSSR count). The van der Waals surface area contributed by atoms with Crippen LogP contribution < -0.4 is 10.1 Å². The van der Waals surface area contributed by atoms with Crippen LogP contribution in [0.1, 0.15) is 19.0 Å². The van der Waals surface area contributed by atoms with Gasteiger partial charge >= 0.3 is 0 Å². The van der Waals surface area contributed by atoms with E-state index in [0.717, 1.165) is 0 Å². The number of rotatable bonds is 6. The second-order valence-electron chi connectivity index (χ2n) is 3.69. The molecular formula is C12H15N3O4. The molecule has 1 amide bonds. The van der Waals surface area contributed by atoms with Gasteiger partial charge in [-0.15, -0.1) is 0 Å². The molecule has 0 saturated carbocycles. The average Bonchev–Trinajstić information content (AvgIpc) is 2.37. The number of nitro groups is 1. The molecule has 0 radical (unpaired) electrons. The van der Waals surface area contributed by atoms with Crippen molar-refractivity contribution in [3.8, 4) is 5.88 Å². The molecule has 0 aliphatic rings. The fourth-order valence-corrected chi connectivity index (χ4v) is 1.37. The Hall–Kier alpha value is -2.44. The summed E-state index contributed by atoms with van der Waals surface area (Å²) in [6, 6.07) is 2.78. The van der Waals surface area contributed by atoms with Crippen LogP contribution in [0.5, 0.6) is 5.88 Å². The summed E-state index contributed by atoms with van der Waals surface area (Å²) in [5.74, 6) is 0.200. The second kappa shape index (κ2) is 7.10. The van der Waals surface area contributed by atoms with Gasteiger partial charge in [0.05, 0.1) is 12.0 Å². The van der Waals surface area contributed by atoms with Gasteiger partial charge in [0.2, 0.25) is 11.8 Å². The third-order valence-corrected chi connectivity index (χ3v) is 2.24. The van der Waals surface area contributed by atoms with Crippen LogP contribution >= 0.6 is 0 Å². The summed E-state index contributed by atoms with van der Waals surface area (Å²) >= 11 is 0. The van der Waals surface area contributed by atoms with Crippen LogP contribution in [0.4, 0.5) is 5.69 Å². The minimum absolute atomic E-state index is 0.0865. The van der Waals surface area contributed by atoms with Gasteiger partial charge in [-0.2, -0.15) is 0 Å². The first-order valence-electron chi connectivity index (χ1n) is 5.65. The lowest BCUT2D eigenvalue weighted by atomic mass is 10.2. The van der Waals surface area contributed by atoms with Crippen molar-refractivity contribution in [2.24, 2.45) is 0 Å². The van der Waals surface area contributed by atoms with E-state index in [1.165, 1.54) is 26.2 Å². The highest BCUT2D eigenvalue weighted by Gasteiger charge is 2.13. The van der Waals surface area contributed by atoms with Crippen LogP contribution in [0.15, 0.2) is 18.2 Å². The Morgan fingerprint density at radius 3 is 2.89 bits per heavy atom. The van der Waals surface area contributed by atoms with Gasteiger partial charge in [0.25, 0.3) is 5.69 Å². The molecule has 0 bridgehead atoms. The quantitative estimate of drug-likeness (QED) is 0.478. The number of nitrogens with zero attached hydrogens (tertiary/aromatic N) is 2. The van der Waals surface area contributed by atoms with Gasteiger partial charge in [-0.1, -0.05) is 6.08 Å². The SMILES string of the molecule is COc1ccc([N+](=O)[O-])c(C=CCCNC(C)=O)n1. The minimum atomic E-state index is -0.500. The lowest BCUT2D eigenvalue weighted by Gasteiger charge is -2.01. The molecule has 0 spiro atoms. The molecular weight excluding hydrogens is 250 g/mol. The van der Waals surface area contributed by atoms with Crippen LogP contribution in [0, 0.1) is 10.1 Å². The summed E-state index contributed by atoms with van der Waals surface area (Å²) in [4.78, 5) is 25.0. The van der Waals surface area contributed by atoms with Crippen molar-refractivity contribution in [2.45, 2.75) is 13.3 Å². The Morgan fingerprint density at radius 1 is 1.58 bits per heavy atom. The molecule has 7 nitrogen and oxygen atoms in total. The summed E-state index contributed by atoms with van der Waals surface area (Å²) in [7, 11) is 1.44. The van der Waals surface area contributed by atoms with E-state index in [-0.39, 0.29) is 17.3 Å². The zero-order valence-electron chi connectivity index (χ0n) is 10.8. The topological polar surface area (TPSA) is 94.4 Å². The van der Waals surface area contributed by atoms with Crippen molar-refractivity contribution in [3.05, 3.63) is 34.0 Å². The molecule has 102 valence electrons. The summed E-state index contributed by atoms with van der Waals surface area (Å²) in [6.45, 7) is 1.90. The molecule has 0 aromatic carbocycles. The summed E-state index contributed by atoms with van der Waals surface area (Å²) in [5.41, 5.74) is 0.142. The maximum Gasteiger partial charge on any atom is 0.295 e. The van der Waals surface area contributed by atoms with E-state index in [1.807, 2.05) is 0 Å². The molecule has 0 aliphatic carbocycles. The number of carbonyl (C=O) groups excluding carboxylic acids is 1. The number of nitrogens with one attached hydrogen (secondary N) is 1. The van der Waals surface area contributed by atoms with Gasteiger partial charge in [0.15, 0.2) is 0 Å². The predicted molar refractivity (Wildman–Crippen MR) is 69.8 cm³/mol. The Bertz CT molecular complexity index is 500. The molecule has 0 atom stereocenters. The predicted octanol–water partition coefficient (Wildman–Crippen LogP) is 1.54. The normalized spacial score (nSPS) is 10.4. The van der Waals surface area contributed by atoms with Crippen molar-refractivity contribution in [3.63, 3.8) is 0 Å². The van der Waals surface area contributed by atoms with E-state index in [2.05, 4.69) is 10.3 Å². The summed E-state index contributed by atoms with van der Waals surface area (Å²) in [5, 5.41) is 13.5. The molecule has 1 heterocycles. The number of ether oxygens (including phenoxy) is 1. The lowest BCUT2D eigenvalue weighted by molar-refractivity contribution is -0.385. The second-order valence-corrected chi connectivity index (χ2v) is 3.69. The molecule has 0 unspecified atom stereocenters. The minimum Gasteiger partial charge on any atom is -0.481 e. The average molecular weight is 265 g/mol. The van der Waals surface area contributed by atoms with E-state index >= 15 is 0 Å². The van der Waals surface area contributed by atoms with Gasteiger partial charge in [-0.05, 0) is 12.5 Å². The monoisotopic (exact) mass is 265 g/mol. The van der Waals surface area contributed by atoms with Crippen molar-refractivity contribution in [1.82, 2.24) is 10.3 Å². The van der Waals surface area contributed by atoms with Crippen LogP contribution in [-0.4, -0.2) is 29.5 Å². The highest BCUT2D eigenvalue weighted by Crippen LogP contribution is 2.21. The van der Waals surface area contributed by atoms with Gasteiger partial charge in [-0.3, -0.25) is 14.9 Å². The Morgan fingerprint density at radius 2 is 2.32 bits per heavy atom. The lowest BCUT2D eigenvalue weighted by Crippen LogP contribution is -2.20. The first-order chi connectivity index (χ1) is 9.04. The first-order valence-corrected chi connectivity index (χ1v) is 5.65. The maximum absolute atomic E-state index is 10.8. The highest BCUT2D eigenvalue weighted by atomic mass is 16.6. The molecule has 0 saturated heterocycles. The molecule has 1 aromatic heterocycles. The van der Waals surface area contributed by atoms with E-state index in [1.54, 1.807) is 12.2 Å². The highest BCUT2D eigenvalue weighted by molar-refractivity contribution is 5.72. The number of carbonyl (C=O) groups is 1. The number of hydrogen-bond donors (Lipinski definition) is 1. The fraction of sp³-hybridized carbons (Fsp3) is 0.333. The summed E-state index contributed by atoms with van der Waals surface area (Å²) < 4.78 is 4.92. The largest absolute Gasteiger partial charge is 0.481 e. The van der Waals surface area contributed by atoms with E-state index in [4.69, 9.17) is 4.74 Å². The van der Waals surface area contributed by atoms with Crippen LogP contribution in [-0.2, 0) is 4.79 Å². The molecule has 19 heavy (non-hydrogen) atoms. The van der Waals surface area contributed by atoms with Gasteiger partial charge in [-0.25, -0.2) is 4.98 Å². The molecule has 7 heteroatoms. The summed E-state index contributed by atoms with van der Waals surface area (Å²) in [6.07, 6.45) is 3.82. The van der Waals surface area contributed by atoms with Crippen molar-refractivity contribution in [2.75, 3.05) is 13.7 Å². The Balaban J connectivity index is 2.76. The standard InChI is InChI=1S/C12H15N3O4/c1-9(16)13-8-4-3-5-10-11(15(17)18)6-7-12(14-10)19-2/h3,5-7H,4,8H2,1-2H3,(H,13,16). The number of amides is 1. The fourth-order valence-electron chi connectivity index (χ4n) is 1.37. The smallest absolute Gasteiger partial charge is 0.295 e. The third-order valence-electron chi connectivity index (χ3n) is 2.24. The first kappa shape index (κ1) is 14.6. The Labute approximate surface area is 110 Å². The number of hydrogen-bond acceptors (Lipinski definition) is 5. The number of aromatic nitrogens is 1. The molecule has 1 aromatic rings. The van der Waals surface area contributed by atoms with Crippen LogP contribution in [0.25, 0.3) is 6.08 Å². The Kier molecular flexibility index (Phi) is 5.46. The van der Waals surface area contributed by atoms with Crippen molar-refractivity contribution >= 4 is 17.7 Å². The molecule has 0 aliphatic heterocycles. The molecule has 1 N–H and O–H groups in total. The van der Waals surface area contributed by atoms with E-state index < -0.39 is 4.92 Å². The molecule has 0 fully saturated rings. The maximum atomic E-state index is 10.8. The van der Waals surface area contributed by atoms with Gasteiger partial charge < -0.3 is 10.1 Å². The van der Waals surface area contributed by atoms with Gasteiger partial charge in [0.1, 0.15) is 5.69 Å². The van der Waals surface area contributed by atoms with E-state index in [9.17, 15) is 14.9 Å². The van der Waals surface area contributed by atoms with Gasteiger partial charge in [0, 0.05) is 25.6 Å².